The zero-order valence-electron chi connectivity index (χ0n) is 25.4. The van der Waals surface area contributed by atoms with Crippen LogP contribution in [0.2, 0.25) is 5.02 Å². The second-order valence-electron chi connectivity index (χ2n) is 10.8. The average molecular weight is 631 g/mol. The Hall–Kier alpha value is -4.83. The summed E-state index contributed by atoms with van der Waals surface area (Å²) in [5.41, 5.74) is 3.25. The van der Waals surface area contributed by atoms with Crippen molar-refractivity contribution in [1.82, 2.24) is 20.5 Å². The van der Waals surface area contributed by atoms with Crippen molar-refractivity contribution in [2.45, 2.75) is 39.3 Å². The molecule has 0 unspecified atom stereocenters. The Morgan fingerprint density at radius 1 is 1.09 bits per heavy atom. The number of benzene rings is 3. The Kier molecular flexibility index (Phi) is 10.0. The van der Waals surface area contributed by atoms with Gasteiger partial charge in [-0.25, -0.2) is 4.98 Å². The molecule has 0 aliphatic carbocycles. The molecule has 1 aliphatic rings. The first-order chi connectivity index (χ1) is 21.7. The van der Waals surface area contributed by atoms with E-state index in [1.54, 1.807) is 44.4 Å². The van der Waals surface area contributed by atoms with Crippen LogP contribution in [0.3, 0.4) is 0 Å². The highest BCUT2D eigenvalue weighted by molar-refractivity contribution is 6.31. The van der Waals surface area contributed by atoms with Gasteiger partial charge in [0.15, 0.2) is 11.5 Å². The van der Waals surface area contributed by atoms with Gasteiger partial charge in [-0.3, -0.25) is 14.4 Å². The molecule has 4 aromatic rings. The fraction of sp³-hybridized carbons (Fsp3) is 0.294. The maximum Gasteiger partial charge on any atom is 0.254 e. The SMILES string of the molecule is COc1ccc2cc1OCCCN(C(=O)c1ccc(Cl)c(C)c1)CC(=O)N[C@H](Cc1ccccc1)C(=O)NCc1nc-2oc1C. The lowest BCUT2D eigenvalue weighted by molar-refractivity contribution is -0.129. The van der Waals surface area contributed by atoms with Gasteiger partial charge in [0.25, 0.3) is 5.91 Å². The number of aromatic nitrogens is 1. The molecule has 11 heteroatoms. The summed E-state index contributed by atoms with van der Waals surface area (Å²) in [6.07, 6.45) is 0.670. The lowest BCUT2D eigenvalue weighted by Gasteiger charge is -2.25. The first-order valence-electron chi connectivity index (χ1n) is 14.7. The van der Waals surface area contributed by atoms with Crippen molar-refractivity contribution in [3.63, 3.8) is 0 Å². The first-order valence-corrected chi connectivity index (χ1v) is 15.0. The summed E-state index contributed by atoms with van der Waals surface area (Å²) in [6.45, 7) is 3.87. The third-order valence-corrected chi connectivity index (χ3v) is 7.95. The number of hydrogen-bond donors (Lipinski definition) is 2. The fourth-order valence-corrected chi connectivity index (χ4v) is 5.17. The smallest absolute Gasteiger partial charge is 0.254 e. The van der Waals surface area contributed by atoms with Crippen molar-refractivity contribution in [2.24, 2.45) is 0 Å². The molecule has 1 atom stereocenters. The molecule has 234 valence electrons. The Morgan fingerprint density at radius 3 is 2.64 bits per heavy atom. The van der Waals surface area contributed by atoms with Crippen LogP contribution in [-0.4, -0.2) is 60.5 Å². The normalized spacial score (nSPS) is 16.1. The standard InChI is InChI=1S/C34H35ClN4O6/c1-21-16-25(10-12-26(21)35)34(42)39-14-7-15-44-30-18-24(11-13-29(30)43-3)33-38-28(22(2)45-33)19-36-32(41)27(37-31(40)20-39)17-23-8-5-4-6-9-23/h4-6,8-13,16,18,27H,7,14-15,17,19-20H2,1-3H3,(H,36,41)(H,37,40)/t27-/m1/s1. The van der Waals surface area contributed by atoms with E-state index >= 15 is 0 Å². The molecule has 0 saturated heterocycles. The van der Waals surface area contributed by atoms with E-state index in [9.17, 15) is 14.4 Å². The Bertz CT molecular complexity index is 1690. The van der Waals surface area contributed by atoms with Crippen LogP contribution in [-0.2, 0) is 22.6 Å². The predicted octanol–water partition coefficient (Wildman–Crippen LogP) is 4.89. The maximum absolute atomic E-state index is 13.7. The summed E-state index contributed by atoms with van der Waals surface area (Å²) >= 11 is 6.20. The summed E-state index contributed by atoms with van der Waals surface area (Å²) in [5.74, 6) is 0.736. The van der Waals surface area contributed by atoms with Gasteiger partial charge in [-0.15, -0.1) is 0 Å². The summed E-state index contributed by atoms with van der Waals surface area (Å²) in [4.78, 5) is 46.7. The lowest BCUT2D eigenvalue weighted by Crippen LogP contribution is -2.51. The average Bonchev–Trinajstić information content (AvgIpc) is 3.42. The number of ether oxygens (including phenoxy) is 2. The van der Waals surface area contributed by atoms with E-state index in [0.717, 1.165) is 11.1 Å². The number of hydrogen-bond acceptors (Lipinski definition) is 7. The number of carbonyl (C=O) groups excluding carboxylic acids is 3. The zero-order valence-corrected chi connectivity index (χ0v) is 26.1. The third kappa shape index (κ3) is 7.82. The number of methoxy groups -OCH3 is 1. The van der Waals surface area contributed by atoms with Gasteiger partial charge in [0.1, 0.15) is 17.5 Å². The number of halogens is 1. The van der Waals surface area contributed by atoms with Gasteiger partial charge < -0.3 is 29.4 Å². The number of amides is 3. The molecule has 2 heterocycles. The molecule has 0 spiro atoms. The van der Waals surface area contributed by atoms with Crippen molar-refractivity contribution in [3.05, 3.63) is 99.9 Å². The third-order valence-electron chi connectivity index (χ3n) is 7.52. The highest BCUT2D eigenvalue weighted by atomic mass is 35.5. The van der Waals surface area contributed by atoms with Crippen molar-refractivity contribution in [1.29, 1.82) is 0 Å². The summed E-state index contributed by atoms with van der Waals surface area (Å²) in [6, 6.07) is 18.9. The number of carbonyl (C=O) groups is 3. The highest BCUT2D eigenvalue weighted by Gasteiger charge is 2.26. The second-order valence-corrected chi connectivity index (χ2v) is 11.2. The highest BCUT2D eigenvalue weighted by Crippen LogP contribution is 2.33. The van der Waals surface area contributed by atoms with Gasteiger partial charge in [0.2, 0.25) is 17.7 Å². The Morgan fingerprint density at radius 2 is 1.89 bits per heavy atom. The number of rotatable bonds is 4. The van der Waals surface area contributed by atoms with Gasteiger partial charge in [0.05, 0.1) is 26.8 Å². The molecule has 45 heavy (non-hydrogen) atoms. The van der Waals surface area contributed by atoms with Gasteiger partial charge >= 0.3 is 0 Å². The van der Waals surface area contributed by atoms with Crippen LogP contribution in [0.5, 0.6) is 11.5 Å². The van der Waals surface area contributed by atoms with Crippen LogP contribution >= 0.6 is 11.6 Å². The van der Waals surface area contributed by atoms with Gasteiger partial charge in [-0.2, -0.15) is 0 Å². The predicted molar refractivity (Wildman–Crippen MR) is 169 cm³/mol. The van der Waals surface area contributed by atoms with Crippen LogP contribution < -0.4 is 20.1 Å². The van der Waals surface area contributed by atoms with E-state index in [0.29, 0.717) is 51.4 Å². The molecular weight excluding hydrogens is 596 g/mol. The van der Waals surface area contributed by atoms with Crippen LogP contribution in [0.15, 0.2) is 71.1 Å². The largest absolute Gasteiger partial charge is 0.493 e. The molecule has 0 saturated carbocycles. The monoisotopic (exact) mass is 630 g/mol. The number of nitrogens with zero attached hydrogens (tertiary/aromatic N) is 2. The number of nitrogens with one attached hydrogen (secondary N) is 2. The van der Waals surface area contributed by atoms with Crippen molar-refractivity contribution < 1.29 is 28.3 Å². The summed E-state index contributed by atoms with van der Waals surface area (Å²) < 4.78 is 17.5. The molecule has 3 aromatic carbocycles. The molecule has 0 fully saturated rings. The quantitative estimate of drug-likeness (QED) is 0.329. The summed E-state index contributed by atoms with van der Waals surface area (Å²) in [7, 11) is 1.55. The van der Waals surface area contributed by atoms with Crippen molar-refractivity contribution >= 4 is 29.3 Å². The fourth-order valence-electron chi connectivity index (χ4n) is 5.05. The van der Waals surface area contributed by atoms with E-state index in [1.807, 2.05) is 43.3 Å². The Balaban J connectivity index is 1.46. The molecule has 2 N–H and O–H groups in total. The molecule has 4 bridgehead atoms. The zero-order chi connectivity index (χ0) is 31.9. The summed E-state index contributed by atoms with van der Waals surface area (Å²) in [5, 5.41) is 6.29. The van der Waals surface area contributed by atoms with E-state index in [2.05, 4.69) is 15.6 Å². The minimum Gasteiger partial charge on any atom is -0.493 e. The van der Waals surface area contributed by atoms with E-state index in [4.69, 9.17) is 25.5 Å². The van der Waals surface area contributed by atoms with Gasteiger partial charge in [-0.1, -0.05) is 41.9 Å². The second kappa shape index (κ2) is 14.3. The first kappa shape index (κ1) is 31.6. The molecular formula is C34H35ClN4O6. The molecule has 1 aliphatic heterocycles. The van der Waals surface area contributed by atoms with E-state index < -0.39 is 11.9 Å². The minimum absolute atomic E-state index is 0.0926. The molecule has 1 aromatic heterocycles. The molecule has 3 amide bonds. The van der Waals surface area contributed by atoms with Crippen molar-refractivity contribution in [2.75, 3.05) is 26.8 Å². The van der Waals surface area contributed by atoms with Gasteiger partial charge in [-0.05, 0) is 67.8 Å². The number of aryl methyl sites for hydroxylation is 2. The maximum atomic E-state index is 13.7. The lowest BCUT2D eigenvalue weighted by atomic mass is 10.0. The van der Waals surface area contributed by atoms with E-state index in [-0.39, 0.29) is 44.5 Å². The van der Waals surface area contributed by atoms with Crippen molar-refractivity contribution in [3.8, 4) is 23.0 Å². The number of fused-ring (bicyclic) bond motifs is 5. The van der Waals surface area contributed by atoms with Crippen LogP contribution in [0, 0.1) is 13.8 Å². The molecule has 0 radical (unpaired) electrons. The number of oxazole rings is 1. The molecule has 5 rings (SSSR count). The van der Waals surface area contributed by atoms with Crippen LogP contribution in [0.25, 0.3) is 11.5 Å². The molecule has 10 nitrogen and oxygen atoms in total. The van der Waals surface area contributed by atoms with E-state index in [1.165, 1.54) is 4.90 Å². The van der Waals surface area contributed by atoms with Crippen LogP contribution in [0.1, 0.15) is 39.4 Å². The minimum atomic E-state index is -0.896. The van der Waals surface area contributed by atoms with Gasteiger partial charge in [0, 0.05) is 29.1 Å². The topological polar surface area (TPSA) is 123 Å². The Labute approximate surface area is 266 Å². The van der Waals surface area contributed by atoms with Crippen LogP contribution in [0.4, 0.5) is 0 Å².